The largest absolute Gasteiger partial charge is 0.489 e. The lowest BCUT2D eigenvalue weighted by Gasteiger charge is -2.09. The van der Waals surface area contributed by atoms with E-state index >= 15 is 0 Å². The van der Waals surface area contributed by atoms with Gasteiger partial charge < -0.3 is 10.5 Å². The molecule has 18 heavy (non-hydrogen) atoms. The van der Waals surface area contributed by atoms with Crippen molar-refractivity contribution in [2.45, 2.75) is 20.0 Å². The third-order valence-corrected chi connectivity index (χ3v) is 2.87. The average molecular weight is 245 g/mol. The molecule has 0 atom stereocenters. The first-order valence-electron chi connectivity index (χ1n) is 5.95. The number of anilines is 1. The fraction of sp³-hybridized carbons (Fsp3) is 0.200. The van der Waals surface area contributed by atoms with Crippen molar-refractivity contribution < 1.29 is 9.13 Å². The van der Waals surface area contributed by atoms with Crippen LogP contribution in [0.1, 0.15) is 18.1 Å². The third kappa shape index (κ3) is 2.80. The highest BCUT2D eigenvalue weighted by Crippen LogP contribution is 2.19. The summed E-state index contributed by atoms with van der Waals surface area (Å²) in [5.41, 5.74) is 7.77. The van der Waals surface area contributed by atoms with E-state index in [2.05, 4.69) is 6.92 Å². The number of ether oxygens (including phenoxy) is 1. The second-order valence-corrected chi connectivity index (χ2v) is 4.09. The van der Waals surface area contributed by atoms with Crippen molar-refractivity contribution in [2.24, 2.45) is 0 Å². The zero-order valence-corrected chi connectivity index (χ0v) is 10.3. The zero-order valence-electron chi connectivity index (χ0n) is 10.3. The van der Waals surface area contributed by atoms with Crippen LogP contribution in [0.2, 0.25) is 0 Å². The van der Waals surface area contributed by atoms with E-state index < -0.39 is 0 Å². The summed E-state index contributed by atoms with van der Waals surface area (Å²) >= 11 is 0. The smallest absolute Gasteiger partial charge is 0.131 e. The van der Waals surface area contributed by atoms with Gasteiger partial charge in [-0.15, -0.1) is 0 Å². The lowest BCUT2D eigenvalue weighted by Crippen LogP contribution is -2.03. The summed E-state index contributed by atoms with van der Waals surface area (Å²) in [5, 5.41) is 0. The van der Waals surface area contributed by atoms with Crippen molar-refractivity contribution in [3.8, 4) is 5.75 Å². The van der Waals surface area contributed by atoms with Crippen molar-refractivity contribution in [1.29, 1.82) is 0 Å². The van der Waals surface area contributed by atoms with Crippen molar-refractivity contribution in [3.05, 3.63) is 59.4 Å². The molecule has 94 valence electrons. The van der Waals surface area contributed by atoms with Crippen molar-refractivity contribution >= 4 is 5.69 Å². The van der Waals surface area contributed by atoms with E-state index in [9.17, 15) is 4.39 Å². The summed E-state index contributed by atoms with van der Waals surface area (Å²) in [5.74, 6) is 0.384. The summed E-state index contributed by atoms with van der Waals surface area (Å²) in [6, 6.07) is 12.4. The molecule has 0 fully saturated rings. The Morgan fingerprint density at radius 2 is 1.83 bits per heavy atom. The third-order valence-electron chi connectivity index (χ3n) is 2.87. The molecular weight excluding hydrogens is 229 g/mol. The summed E-state index contributed by atoms with van der Waals surface area (Å²) in [7, 11) is 0. The topological polar surface area (TPSA) is 35.2 Å². The Labute approximate surface area is 106 Å². The quantitative estimate of drug-likeness (QED) is 0.836. The lowest BCUT2D eigenvalue weighted by atomic mass is 10.1. The molecule has 2 aromatic carbocycles. The molecule has 0 saturated heterocycles. The second kappa shape index (κ2) is 5.54. The summed E-state index contributed by atoms with van der Waals surface area (Å²) in [4.78, 5) is 0. The second-order valence-electron chi connectivity index (χ2n) is 4.09. The molecule has 2 aromatic rings. The number of hydrogen-bond acceptors (Lipinski definition) is 2. The Morgan fingerprint density at radius 1 is 1.11 bits per heavy atom. The first-order valence-corrected chi connectivity index (χ1v) is 5.95. The van der Waals surface area contributed by atoms with Crippen LogP contribution in [0.5, 0.6) is 5.75 Å². The molecule has 0 unspecified atom stereocenters. The van der Waals surface area contributed by atoms with Crippen LogP contribution in [0.15, 0.2) is 42.5 Å². The van der Waals surface area contributed by atoms with Gasteiger partial charge in [0.05, 0.1) is 0 Å². The maximum absolute atomic E-state index is 13.5. The van der Waals surface area contributed by atoms with Gasteiger partial charge in [0.2, 0.25) is 0 Å². The number of benzene rings is 2. The molecule has 2 rings (SSSR count). The highest BCUT2D eigenvalue weighted by atomic mass is 19.1. The molecule has 0 aliphatic rings. The molecule has 3 heteroatoms. The highest BCUT2D eigenvalue weighted by Gasteiger charge is 2.06. The number of halogens is 1. The van der Waals surface area contributed by atoms with E-state index in [4.69, 9.17) is 10.5 Å². The fourth-order valence-electron chi connectivity index (χ4n) is 1.70. The minimum Gasteiger partial charge on any atom is -0.489 e. The molecule has 2 N–H and O–H groups in total. The lowest BCUT2D eigenvalue weighted by molar-refractivity contribution is 0.300. The molecule has 0 aliphatic heterocycles. The molecule has 0 amide bonds. The van der Waals surface area contributed by atoms with E-state index in [0.29, 0.717) is 11.3 Å². The van der Waals surface area contributed by atoms with Gasteiger partial charge in [-0.1, -0.05) is 25.1 Å². The number of nitrogen functional groups attached to an aromatic ring is 1. The maximum atomic E-state index is 13.5. The van der Waals surface area contributed by atoms with E-state index in [-0.39, 0.29) is 12.4 Å². The first-order chi connectivity index (χ1) is 8.70. The van der Waals surface area contributed by atoms with Gasteiger partial charge >= 0.3 is 0 Å². The first kappa shape index (κ1) is 12.4. The molecule has 0 spiro atoms. The molecule has 2 nitrogen and oxygen atoms in total. The highest BCUT2D eigenvalue weighted by molar-refractivity contribution is 5.47. The minimum atomic E-state index is -0.333. The predicted molar refractivity (Wildman–Crippen MR) is 71.0 cm³/mol. The molecular formula is C15H16FNO. The van der Waals surface area contributed by atoms with E-state index in [0.717, 1.165) is 12.2 Å². The van der Waals surface area contributed by atoms with Crippen molar-refractivity contribution in [2.75, 3.05) is 5.73 Å². The van der Waals surface area contributed by atoms with Crippen molar-refractivity contribution in [3.63, 3.8) is 0 Å². The van der Waals surface area contributed by atoms with Crippen molar-refractivity contribution in [1.82, 2.24) is 0 Å². The average Bonchev–Trinajstić information content (AvgIpc) is 2.39. The standard InChI is InChI=1S/C15H16FNO/c1-2-11-6-8-12(9-7-11)18-10-13-14(16)4-3-5-15(13)17/h3-9H,2,10,17H2,1H3. The van der Waals surface area contributed by atoms with Gasteiger partial charge in [0.25, 0.3) is 0 Å². The number of hydrogen-bond donors (Lipinski definition) is 1. The van der Waals surface area contributed by atoms with Crippen LogP contribution in [-0.2, 0) is 13.0 Å². The molecule has 0 heterocycles. The minimum absolute atomic E-state index is 0.143. The van der Waals surface area contributed by atoms with Gasteiger partial charge in [-0.25, -0.2) is 4.39 Å². The SMILES string of the molecule is CCc1ccc(OCc2c(N)cccc2F)cc1. The summed E-state index contributed by atoms with van der Waals surface area (Å²) in [6.45, 7) is 2.24. The summed E-state index contributed by atoms with van der Waals surface area (Å²) in [6.07, 6.45) is 0.987. The Hall–Kier alpha value is -2.03. The molecule has 0 radical (unpaired) electrons. The fourth-order valence-corrected chi connectivity index (χ4v) is 1.70. The Bertz CT molecular complexity index is 502. The Balaban J connectivity index is 2.06. The Morgan fingerprint density at radius 3 is 2.44 bits per heavy atom. The van der Waals surface area contributed by atoms with Gasteiger partial charge in [0.1, 0.15) is 18.2 Å². The maximum Gasteiger partial charge on any atom is 0.131 e. The van der Waals surface area contributed by atoms with E-state index in [1.165, 1.54) is 11.6 Å². The van der Waals surface area contributed by atoms with Gasteiger partial charge in [0, 0.05) is 11.3 Å². The monoisotopic (exact) mass is 245 g/mol. The molecule has 0 bridgehead atoms. The van der Waals surface area contributed by atoms with Crippen LogP contribution in [0, 0.1) is 5.82 Å². The van der Waals surface area contributed by atoms with Gasteiger partial charge in [-0.3, -0.25) is 0 Å². The van der Waals surface area contributed by atoms with E-state index in [1.807, 2.05) is 24.3 Å². The molecule has 0 aromatic heterocycles. The number of aryl methyl sites for hydroxylation is 1. The van der Waals surface area contributed by atoms with Crippen LogP contribution >= 0.6 is 0 Å². The Kier molecular flexibility index (Phi) is 3.82. The van der Waals surface area contributed by atoms with Crippen LogP contribution in [0.3, 0.4) is 0 Å². The number of nitrogens with two attached hydrogens (primary N) is 1. The van der Waals surface area contributed by atoms with Gasteiger partial charge in [-0.2, -0.15) is 0 Å². The van der Waals surface area contributed by atoms with Gasteiger partial charge in [-0.05, 0) is 36.2 Å². The van der Waals surface area contributed by atoms with Crippen LogP contribution < -0.4 is 10.5 Å². The normalized spacial score (nSPS) is 10.3. The summed E-state index contributed by atoms with van der Waals surface area (Å²) < 4.78 is 19.0. The number of rotatable bonds is 4. The van der Waals surface area contributed by atoms with E-state index in [1.54, 1.807) is 12.1 Å². The van der Waals surface area contributed by atoms with Crippen LogP contribution in [-0.4, -0.2) is 0 Å². The molecule has 0 aliphatic carbocycles. The van der Waals surface area contributed by atoms with Gasteiger partial charge in [0.15, 0.2) is 0 Å². The zero-order chi connectivity index (χ0) is 13.0. The van der Waals surface area contributed by atoms with Crippen LogP contribution in [0.4, 0.5) is 10.1 Å². The molecule has 0 saturated carbocycles. The predicted octanol–water partition coefficient (Wildman–Crippen LogP) is 3.55. The van der Waals surface area contributed by atoms with Crippen LogP contribution in [0.25, 0.3) is 0 Å².